The topological polar surface area (TPSA) is 105 Å². The monoisotopic (exact) mass is 169 g/mol. The van der Waals surface area contributed by atoms with Crippen LogP contribution >= 0.6 is 0 Å². The van der Waals surface area contributed by atoms with Gasteiger partial charge in [-0.3, -0.25) is 9.69 Å². The van der Waals surface area contributed by atoms with E-state index in [1.54, 1.807) is 0 Å². The summed E-state index contributed by atoms with van der Waals surface area (Å²) in [6.45, 7) is 0. The maximum Gasteiger partial charge on any atom is 0.363 e. The number of anilines is 2. The second-order valence-corrected chi connectivity index (χ2v) is 2.07. The number of carbonyl (C=O) groups excluding carboxylic acids is 1. The van der Waals surface area contributed by atoms with Crippen LogP contribution in [0.4, 0.5) is 11.6 Å². The molecular formula is C5H7N5O2. The number of nitrogen functional groups attached to an aromatic ring is 1. The molecular weight excluding hydrogens is 162 g/mol. The third-order valence-electron chi connectivity index (χ3n) is 1.20. The molecule has 7 heteroatoms. The Morgan fingerprint density at radius 1 is 1.67 bits per heavy atom. The quantitative estimate of drug-likeness (QED) is 0.515. The average Bonchev–Trinajstić information content (AvgIpc) is 2.03. The Morgan fingerprint density at radius 3 is 2.83 bits per heavy atom. The number of H-pyrrole nitrogens is 1. The number of nitrogens with two attached hydrogens (primary N) is 1. The first-order valence-electron chi connectivity index (χ1n) is 3.05. The highest BCUT2D eigenvalue weighted by Gasteiger charge is 2.06. The molecule has 0 bridgehead atoms. The SMILES string of the molecule is CN(C=O)c1n[nH]c(=O)nc1N. The van der Waals surface area contributed by atoms with Crippen molar-refractivity contribution in [3.8, 4) is 0 Å². The van der Waals surface area contributed by atoms with Gasteiger partial charge in [-0.1, -0.05) is 0 Å². The summed E-state index contributed by atoms with van der Waals surface area (Å²) in [4.78, 5) is 25.2. The fraction of sp³-hybridized carbons (Fsp3) is 0.200. The Labute approximate surface area is 67.2 Å². The molecule has 0 atom stereocenters. The molecule has 12 heavy (non-hydrogen) atoms. The summed E-state index contributed by atoms with van der Waals surface area (Å²) < 4.78 is 0. The summed E-state index contributed by atoms with van der Waals surface area (Å²) in [6.07, 6.45) is 0.513. The van der Waals surface area contributed by atoms with Gasteiger partial charge in [0.25, 0.3) is 0 Å². The Bertz CT molecular complexity index is 346. The van der Waals surface area contributed by atoms with E-state index in [9.17, 15) is 9.59 Å². The van der Waals surface area contributed by atoms with E-state index in [0.717, 1.165) is 4.90 Å². The van der Waals surface area contributed by atoms with Crippen LogP contribution in [0.1, 0.15) is 0 Å². The van der Waals surface area contributed by atoms with Crippen LogP contribution in [0.25, 0.3) is 0 Å². The zero-order valence-electron chi connectivity index (χ0n) is 6.31. The predicted octanol–water partition coefficient (Wildman–Crippen LogP) is -1.66. The molecule has 0 fully saturated rings. The third kappa shape index (κ3) is 1.39. The first kappa shape index (κ1) is 8.18. The van der Waals surface area contributed by atoms with Crippen molar-refractivity contribution >= 4 is 18.0 Å². The molecule has 1 aromatic rings. The molecule has 0 aliphatic heterocycles. The number of nitrogens with one attached hydrogen (secondary N) is 1. The van der Waals surface area contributed by atoms with Gasteiger partial charge in [0.1, 0.15) is 0 Å². The average molecular weight is 169 g/mol. The number of aromatic amines is 1. The van der Waals surface area contributed by atoms with Crippen LogP contribution in [0, 0.1) is 0 Å². The van der Waals surface area contributed by atoms with E-state index >= 15 is 0 Å². The summed E-state index contributed by atoms with van der Waals surface area (Å²) in [5.74, 6) is 0.0537. The second-order valence-electron chi connectivity index (χ2n) is 2.07. The largest absolute Gasteiger partial charge is 0.380 e. The number of rotatable bonds is 2. The molecule has 0 saturated heterocycles. The zero-order valence-corrected chi connectivity index (χ0v) is 6.31. The van der Waals surface area contributed by atoms with E-state index in [2.05, 4.69) is 15.2 Å². The lowest BCUT2D eigenvalue weighted by Gasteiger charge is -2.08. The van der Waals surface area contributed by atoms with Crippen LogP contribution in [0.5, 0.6) is 0 Å². The molecule has 0 aromatic carbocycles. The Kier molecular flexibility index (Phi) is 2.04. The van der Waals surface area contributed by atoms with Crippen molar-refractivity contribution in [2.45, 2.75) is 0 Å². The van der Waals surface area contributed by atoms with Gasteiger partial charge in [-0.25, -0.2) is 9.89 Å². The van der Waals surface area contributed by atoms with Crippen LogP contribution in [0.15, 0.2) is 4.79 Å². The van der Waals surface area contributed by atoms with E-state index in [-0.39, 0.29) is 11.6 Å². The summed E-state index contributed by atoms with van der Waals surface area (Å²) in [5.41, 5.74) is 4.66. The van der Waals surface area contributed by atoms with Crippen molar-refractivity contribution in [3.05, 3.63) is 10.5 Å². The van der Waals surface area contributed by atoms with Crippen LogP contribution < -0.4 is 16.3 Å². The number of aromatic nitrogens is 3. The molecule has 3 N–H and O–H groups in total. The standard InChI is InChI=1S/C5H7N5O2/c1-10(2-11)4-3(6)7-5(12)9-8-4/h2H,1H3,(H3,6,7,9,12). The smallest absolute Gasteiger partial charge is 0.363 e. The summed E-state index contributed by atoms with van der Waals surface area (Å²) in [6, 6.07) is 0. The van der Waals surface area contributed by atoms with Gasteiger partial charge in [-0.05, 0) is 0 Å². The third-order valence-corrected chi connectivity index (χ3v) is 1.20. The van der Waals surface area contributed by atoms with Gasteiger partial charge < -0.3 is 5.73 Å². The molecule has 0 spiro atoms. The minimum Gasteiger partial charge on any atom is -0.380 e. The number of hydrogen-bond acceptors (Lipinski definition) is 5. The van der Waals surface area contributed by atoms with Crippen molar-refractivity contribution < 1.29 is 4.79 Å². The molecule has 0 aliphatic carbocycles. The van der Waals surface area contributed by atoms with Gasteiger partial charge in [0.15, 0.2) is 11.6 Å². The Hall–Kier alpha value is -1.92. The number of nitrogens with zero attached hydrogens (tertiary/aromatic N) is 3. The maximum atomic E-state index is 10.5. The number of carbonyl (C=O) groups is 1. The van der Waals surface area contributed by atoms with Crippen molar-refractivity contribution in [1.29, 1.82) is 0 Å². The van der Waals surface area contributed by atoms with Crippen LogP contribution in [-0.4, -0.2) is 28.6 Å². The van der Waals surface area contributed by atoms with Gasteiger partial charge >= 0.3 is 5.69 Å². The summed E-state index contributed by atoms with van der Waals surface area (Å²) >= 11 is 0. The van der Waals surface area contributed by atoms with E-state index in [1.807, 2.05) is 0 Å². The summed E-state index contributed by atoms with van der Waals surface area (Å²) in [7, 11) is 1.45. The molecule has 7 nitrogen and oxygen atoms in total. The van der Waals surface area contributed by atoms with E-state index < -0.39 is 5.69 Å². The Morgan fingerprint density at radius 2 is 2.33 bits per heavy atom. The highest BCUT2D eigenvalue weighted by molar-refractivity contribution is 5.76. The van der Waals surface area contributed by atoms with Gasteiger partial charge in [0, 0.05) is 7.05 Å². The lowest BCUT2D eigenvalue weighted by Crippen LogP contribution is -2.23. The number of amides is 1. The van der Waals surface area contributed by atoms with Gasteiger partial charge in [0.2, 0.25) is 6.41 Å². The van der Waals surface area contributed by atoms with Crippen molar-refractivity contribution in [1.82, 2.24) is 15.2 Å². The maximum absolute atomic E-state index is 10.5. The molecule has 0 aliphatic rings. The molecule has 1 rings (SSSR count). The highest BCUT2D eigenvalue weighted by atomic mass is 16.1. The van der Waals surface area contributed by atoms with Gasteiger partial charge in [0.05, 0.1) is 0 Å². The normalized spacial score (nSPS) is 9.42. The van der Waals surface area contributed by atoms with Crippen LogP contribution in [0.2, 0.25) is 0 Å². The van der Waals surface area contributed by atoms with Gasteiger partial charge in [-0.2, -0.15) is 4.98 Å². The fourth-order valence-corrected chi connectivity index (χ4v) is 0.652. The van der Waals surface area contributed by atoms with E-state index in [1.165, 1.54) is 7.05 Å². The molecule has 0 saturated carbocycles. The van der Waals surface area contributed by atoms with Gasteiger partial charge in [-0.15, -0.1) is 5.10 Å². The zero-order chi connectivity index (χ0) is 9.14. The lowest BCUT2D eigenvalue weighted by atomic mass is 10.6. The van der Waals surface area contributed by atoms with Crippen LogP contribution in [-0.2, 0) is 4.79 Å². The first-order valence-corrected chi connectivity index (χ1v) is 3.05. The second kappa shape index (κ2) is 2.99. The van der Waals surface area contributed by atoms with Crippen molar-refractivity contribution in [2.75, 3.05) is 17.7 Å². The van der Waals surface area contributed by atoms with E-state index in [4.69, 9.17) is 5.73 Å². The number of hydrogen-bond donors (Lipinski definition) is 2. The van der Waals surface area contributed by atoms with E-state index in [0.29, 0.717) is 6.41 Å². The van der Waals surface area contributed by atoms with Crippen molar-refractivity contribution in [3.63, 3.8) is 0 Å². The highest BCUT2D eigenvalue weighted by Crippen LogP contribution is 2.09. The van der Waals surface area contributed by atoms with Crippen LogP contribution in [0.3, 0.4) is 0 Å². The molecule has 64 valence electrons. The lowest BCUT2D eigenvalue weighted by molar-refractivity contribution is -0.107. The molecule has 1 aromatic heterocycles. The minimum atomic E-state index is -0.643. The molecule has 1 amide bonds. The molecule has 1 heterocycles. The predicted molar refractivity (Wildman–Crippen MR) is 41.5 cm³/mol. The molecule has 0 unspecified atom stereocenters. The summed E-state index contributed by atoms with van der Waals surface area (Å²) in [5, 5.41) is 5.58. The van der Waals surface area contributed by atoms with Crippen molar-refractivity contribution in [2.24, 2.45) is 0 Å². The molecule has 0 radical (unpaired) electrons. The Balaban J connectivity index is 3.17. The fourth-order valence-electron chi connectivity index (χ4n) is 0.652. The minimum absolute atomic E-state index is 0.0756. The first-order chi connectivity index (χ1) is 5.65.